The van der Waals surface area contributed by atoms with Crippen LogP contribution in [0.1, 0.15) is 22.3 Å². The van der Waals surface area contributed by atoms with Gasteiger partial charge in [0.25, 0.3) is 11.4 Å². The molecule has 0 atom stereocenters. The Kier molecular flexibility index (Phi) is 14.7. The molecule has 0 heterocycles. The van der Waals surface area contributed by atoms with Gasteiger partial charge < -0.3 is 29.9 Å². The Labute approximate surface area is 332 Å². The second-order valence-electron chi connectivity index (χ2n) is 10.5. The topological polar surface area (TPSA) is 246 Å². The van der Waals surface area contributed by atoms with Gasteiger partial charge in [-0.05, 0) is 58.0 Å². The molecule has 0 saturated carbocycles. The first-order valence-corrected chi connectivity index (χ1v) is 14.9. The van der Waals surface area contributed by atoms with Crippen LogP contribution >= 0.6 is 0 Å². The Morgan fingerprint density at radius 3 is 1.04 bits per heavy atom. The number of para-hydroxylation sites is 4. The summed E-state index contributed by atoms with van der Waals surface area (Å²) in [6.45, 7) is 0. The van der Waals surface area contributed by atoms with Crippen LogP contribution in [0.25, 0.3) is 0 Å². The van der Waals surface area contributed by atoms with Crippen LogP contribution in [0.5, 0.6) is 34.5 Å². The van der Waals surface area contributed by atoms with E-state index in [9.17, 15) is 40.7 Å². The summed E-state index contributed by atoms with van der Waals surface area (Å²) in [7, 11) is 2.68. The van der Waals surface area contributed by atoms with Crippen LogP contribution in [0.4, 0.5) is 34.1 Å². The maximum absolute atomic E-state index is 12.8. The number of nitrogens with zero attached hydrogens (tertiary/aromatic N) is 6. The van der Waals surface area contributed by atoms with Crippen molar-refractivity contribution in [1.29, 1.82) is 0 Å². The molecule has 0 aliphatic heterocycles. The van der Waals surface area contributed by atoms with Crippen molar-refractivity contribution in [3.8, 4) is 34.5 Å². The molecule has 0 saturated heterocycles. The maximum atomic E-state index is 12.8. The third kappa shape index (κ3) is 9.53. The Balaban J connectivity index is 0.00000392. The number of ether oxygens (including phenoxy) is 2. The molecule has 18 heteroatoms. The molecule has 0 bridgehead atoms. The smallest absolute Gasteiger partial charge is 0.870 e. The number of aliphatic imine (C=N–C) groups is 4. The van der Waals surface area contributed by atoms with Crippen molar-refractivity contribution in [2.24, 2.45) is 20.0 Å². The van der Waals surface area contributed by atoms with E-state index < -0.39 is 44.2 Å². The first-order chi connectivity index (χ1) is 25.0. The molecule has 5 aromatic rings. The zero-order valence-corrected chi connectivity index (χ0v) is 34.5. The van der Waals surface area contributed by atoms with E-state index in [2.05, 4.69) is 20.0 Å². The molecule has 0 unspecified atom stereocenters. The van der Waals surface area contributed by atoms with Crippen LogP contribution in [-0.4, -0.2) is 48.9 Å². The number of hydrogen-bond donors (Lipinski definition) is 0. The van der Waals surface area contributed by atoms with Crippen molar-refractivity contribution in [3.05, 3.63) is 127 Å². The average molecular weight is 831 g/mol. The van der Waals surface area contributed by atoms with Gasteiger partial charge in [-0.1, -0.05) is 60.0 Å². The number of rotatable bonds is 12. The van der Waals surface area contributed by atoms with E-state index in [4.69, 9.17) is 9.47 Å². The fourth-order valence-corrected chi connectivity index (χ4v) is 4.69. The zero-order chi connectivity index (χ0) is 37.4. The summed E-state index contributed by atoms with van der Waals surface area (Å²) in [6.07, 6.45) is 4.65. The summed E-state index contributed by atoms with van der Waals surface area (Å²) in [5.41, 5.74) is -1.12. The van der Waals surface area contributed by atoms with Gasteiger partial charge in [-0.3, -0.25) is 40.2 Å². The molecule has 0 amide bonds. The van der Waals surface area contributed by atoms with Crippen LogP contribution in [0, 0.1) is 20.2 Å². The van der Waals surface area contributed by atoms with E-state index in [1.807, 2.05) is 0 Å². The molecule has 0 N–H and O–H groups in total. The van der Waals surface area contributed by atoms with Gasteiger partial charge in [-0.2, -0.15) is 0 Å². The third-order valence-corrected chi connectivity index (χ3v) is 7.34. The van der Waals surface area contributed by atoms with Crippen LogP contribution in [0.3, 0.4) is 0 Å². The van der Waals surface area contributed by atoms with Crippen molar-refractivity contribution < 1.29 is 78.7 Å². The van der Waals surface area contributed by atoms with Gasteiger partial charge in [-0.25, -0.2) is 0 Å². The molecule has 5 rings (SSSR count). The van der Waals surface area contributed by atoms with Gasteiger partial charge in [-0.15, -0.1) is 0 Å². The van der Waals surface area contributed by atoms with Crippen LogP contribution in [0.2, 0.25) is 0 Å². The van der Waals surface area contributed by atoms with E-state index >= 15 is 0 Å². The molecule has 0 spiro atoms. The van der Waals surface area contributed by atoms with Crippen molar-refractivity contribution in [2.45, 2.75) is 0 Å². The molecule has 0 aliphatic rings. The normalized spacial score (nSPS) is 11.1. The molecular weight excluding hydrogens is 807 g/mol. The van der Waals surface area contributed by atoms with E-state index in [-0.39, 0.29) is 95.5 Å². The average Bonchev–Trinajstić information content (AvgIpc) is 3.13. The molecule has 0 aromatic heterocycles. The van der Waals surface area contributed by atoms with E-state index in [1.165, 1.54) is 87.3 Å². The first kappa shape index (κ1) is 42.0. The van der Waals surface area contributed by atoms with Crippen LogP contribution in [0.15, 0.2) is 105 Å². The van der Waals surface area contributed by atoms with Gasteiger partial charge in [0.1, 0.15) is 11.5 Å². The summed E-state index contributed by atoms with van der Waals surface area (Å²) in [5.74, 6) is -2.58. The van der Waals surface area contributed by atoms with Gasteiger partial charge in [0.15, 0.2) is 0 Å². The molecule has 54 heavy (non-hydrogen) atoms. The summed E-state index contributed by atoms with van der Waals surface area (Å²) in [5, 5.41) is 73.9. The number of nitro benzene ring substituents is 2. The van der Waals surface area contributed by atoms with Crippen molar-refractivity contribution in [3.63, 3.8) is 0 Å². The van der Waals surface area contributed by atoms with Gasteiger partial charge in [0.05, 0.1) is 46.8 Å². The fraction of sp³-hybridized carbons (Fsp3) is 0.0556. The number of nitro groups is 2. The zero-order valence-electron chi connectivity index (χ0n) is 28.6. The van der Waals surface area contributed by atoms with Crippen molar-refractivity contribution >= 4 is 59.0 Å². The Morgan fingerprint density at radius 2 is 0.759 bits per heavy atom. The summed E-state index contributed by atoms with van der Waals surface area (Å²) < 4.78 is 10.2. The summed E-state index contributed by atoms with van der Waals surface area (Å²) >= 11 is 0. The number of benzene rings is 5. The minimum absolute atomic E-state index is 0. The van der Waals surface area contributed by atoms with E-state index in [0.717, 1.165) is 24.6 Å². The first-order valence-electron chi connectivity index (χ1n) is 14.9. The molecule has 5 aromatic carbocycles. The molecule has 0 aliphatic carbocycles. The minimum Gasteiger partial charge on any atom is -0.870 e. The third-order valence-electron chi connectivity index (χ3n) is 7.34. The molecule has 0 radical (unpaired) electrons. The summed E-state index contributed by atoms with van der Waals surface area (Å²) in [4.78, 5) is 38.7. The number of hydrogen-bond acceptors (Lipinski definition) is 14. The molecular formula is C36H24N6O10Zn2. The van der Waals surface area contributed by atoms with E-state index in [1.54, 1.807) is 12.1 Å². The van der Waals surface area contributed by atoms with Crippen molar-refractivity contribution in [2.75, 3.05) is 14.2 Å². The molecule has 0 fully saturated rings. The Morgan fingerprint density at radius 1 is 0.481 bits per heavy atom. The monoisotopic (exact) mass is 828 g/mol. The SMILES string of the molecule is COc1cccc(C=Nc2cc(N=Cc3cccc(OC)c3[O-])c(N=Cc3cccc([N+](=O)[O-])c3[O-])cc2N=Cc2cccc([N+](=O)[O-])c2[O-])c1[O-].[Zn+2].[Zn+2]. The van der Waals surface area contributed by atoms with Gasteiger partial charge >= 0.3 is 39.0 Å². The predicted octanol–water partition coefficient (Wildman–Crippen LogP) is 4.81. The second kappa shape index (κ2) is 18.9. The standard InChI is InChI=1S/C36H28N6O10.2Zn/c1-51-31-13-5-9-23(35(31)45)19-39-27-16-28(40-20-24-10-6-14-32(52-2)36(24)46)26(38-18-22-8-4-12-30(34(22)44)42(49)50)15-25(27)37-17-21-7-3-11-29(33(21)43)41(47)48;;/h3-20,43-46H,1-2H3;;/q;2*+2/p-4. The maximum Gasteiger partial charge on any atom is 2.00 e. The van der Waals surface area contributed by atoms with Gasteiger partial charge in [0.2, 0.25) is 0 Å². The van der Waals surface area contributed by atoms with Crippen LogP contribution < -0.4 is 29.9 Å². The Hall–Kier alpha value is -6.37. The largest absolute Gasteiger partial charge is 2.00 e. The van der Waals surface area contributed by atoms with E-state index in [0.29, 0.717) is 0 Å². The van der Waals surface area contributed by atoms with Gasteiger partial charge in [0, 0.05) is 37.0 Å². The molecule has 16 nitrogen and oxygen atoms in total. The quantitative estimate of drug-likeness (QED) is 0.0718. The van der Waals surface area contributed by atoms with Crippen LogP contribution in [-0.2, 0) is 39.0 Å². The van der Waals surface area contributed by atoms with Crippen molar-refractivity contribution in [1.82, 2.24) is 0 Å². The second-order valence-corrected chi connectivity index (χ2v) is 10.5. The predicted molar refractivity (Wildman–Crippen MR) is 185 cm³/mol. The fourth-order valence-electron chi connectivity index (χ4n) is 4.69. The Bertz CT molecular complexity index is 2160. The molecule has 262 valence electrons. The summed E-state index contributed by atoms with van der Waals surface area (Å²) in [6, 6.07) is 19.2. The minimum atomic E-state index is -0.895. The number of methoxy groups -OCH3 is 2.